The first kappa shape index (κ1) is 15.8. The fourth-order valence-corrected chi connectivity index (χ4v) is 5.45. The van der Waals surface area contributed by atoms with Crippen molar-refractivity contribution in [3.8, 4) is 0 Å². The molecule has 0 bridgehead atoms. The number of carbonyl (C=O) groups is 1. The van der Waals surface area contributed by atoms with Gasteiger partial charge < -0.3 is 9.30 Å². The molecular formula is C20H17N3OS2. The molecule has 4 aromatic heterocycles. The Morgan fingerprint density at radius 1 is 1.15 bits per heavy atom. The molecule has 1 aliphatic rings. The van der Waals surface area contributed by atoms with Crippen molar-refractivity contribution < 1.29 is 4.79 Å². The Balaban J connectivity index is 1.59. The van der Waals surface area contributed by atoms with E-state index in [1.54, 1.807) is 22.7 Å². The second-order valence-electron chi connectivity index (χ2n) is 6.49. The van der Waals surface area contributed by atoms with E-state index in [2.05, 4.69) is 33.9 Å². The van der Waals surface area contributed by atoms with E-state index in [0.29, 0.717) is 5.69 Å². The third-order valence-corrected chi connectivity index (χ3v) is 6.88. The Labute approximate surface area is 159 Å². The molecule has 6 heteroatoms. The van der Waals surface area contributed by atoms with Crippen LogP contribution in [0, 0.1) is 6.92 Å². The summed E-state index contributed by atoms with van der Waals surface area (Å²) in [5.41, 5.74) is 3.66. The van der Waals surface area contributed by atoms with E-state index in [0.717, 1.165) is 24.3 Å². The Morgan fingerprint density at radius 2 is 2.08 bits per heavy atom. The van der Waals surface area contributed by atoms with Crippen molar-refractivity contribution in [3.63, 3.8) is 0 Å². The number of rotatable bonds is 2. The number of fused-ring (bicyclic) bond motifs is 2. The Morgan fingerprint density at radius 3 is 2.88 bits per heavy atom. The highest BCUT2D eigenvalue weighted by atomic mass is 32.1. The lowest BCUT2D eigenvalue weighted by molar-refractivity contribution is 0.0693. The standard InChI is InChI=1S/C20H17N3OS2/c1-13-4-2-6-18-21-15(12-23(13)18)20(24)22-9-7-16-14(8-11-26-16)19(22)17-5-3-10-25-17/h2-6,8,10-12,19H,7,9H2,1H3/t19-/m0/s1. The lowest BCUT2D eigenvalue weighted by Crippen LogP contribution is -2.39. The van der Waals surface area contributed by atoms with Gasteiger partial charge in [0.15, 0.2) is 0 Å². The second-order valence-corrected chi connectivity index (χ2v) is 8.47. The zero-order chi connectivity index (χ0) is 17.7. The maximum absolute atomic E-state index is 13.4. The molecule has 0 fully saturated rings. The number of carbonyl (C=O) groups excluding carboxylic acids is 1. The van der Waals surface area contributed by atoms with Gasteiger partial charge in [-0.25, -0.2) is 4.98 Å². The molecule has 4 nitrogen and oxygen atoms in total. The molecule has 26 heavy (non-hydrogen) atoms. The molecule has 1 aliphatic heterocycles. The van der Waals surface area contributed by atoms with Crippen LogP contribution in [0.5, 0.6) is 0 Å². The number of hydrogen-bond donors (Lipinski definition) is 0. The fourth-order valence-electron chi connectivity index (χ4n) is 3.69. The van der Waals surface area contributed by atoms with E-state index in [1.807, 2.05) is 40.6 Å². The van der Waals surface area contributed by atoms with Crippen molar-refractivity contribution in [1.29, 1.82) is 0 Å². The topological polar surface area (TPSA) is 37.6 Å². The first-order valence-electron chi connectivity index (χ1n) is 8.58. The molecule has 130 valence electrons. The number of nitrogens with zero attached hydrogens (tertiary/aromatic N) is 3. The van der Waals surface area contributed by atoms with Gasteiger partial charge in [-0.1, -0.05) is 12.1 Å². The average Bonchev–Trinajstić information content (AvgIpc) is 3.39. The van der Waals surface area contributed by atoms with Gasteiger partial charge in [-0.15, -0.1) is 22.7 Å². The van der Waals surface area contributed by atoms with Gasteiger partial charge in [0.2, 0.25) is 0 Å². The van der Waals surface area contributed by atoms with Gasteiger partial charge in [0.1, 0.15) is 11.3 Å². The van der Waals surface area contributed by atoms with Crippen molar-refractivity contribution in [2.45, 2.75) is 19.4 Å². The third kappa shape index (κ3) is 2.40. The minimum Gasteiger partial charge on any atom is -0.325 e. The Bertz CT molecular complexity index is 1090. The molecule has 4 aromatic rings. The van der Waals surface area contributed by atoms with Crippen LogP contribution in [0.25, 0.3) is 5.65 Å². The Kier molecular flexibility index (Phi) is 3.69. The maximum atomic E-state index is 13.4. The monoisotopic (exact) mass is 379 g/mol. The molecule has 0 aliphatic carbocycles. The number of imidazole rings is 1. The van der Waals surface area contributed by atoms with Crippen molar-refractivity contribution in [3.05, 3.63) is 80.1 Å². The average molecular weight is 380 g/mol. The zero-order valence-electron chi connectivity index (χ0n) is 14.3. The third-order valence-electron chi connectivity index (χ3n) is 4.95. The first-order chi connectivity index (χ1) is 12.7. The normalized spacial score (nSPS) is 16.8. The lowest BCUT2D eigenvalue weighted by Gasteiger charge is -2.35. The van der Waals surface area contributed by atoms with Crippen molar-refractivity contribution >= 4 is 34.2 Å². The van der Waals surface area contributed by atoms with Gasteiger partial charge in [-0.3, -0.25) is 4.79 Å². The fraction of sp³-hybridized carbons (Fsp3) is 0.200. The molecule has 0 radical (unpaired) electrons. The van der Waals surface area contributed by atoms with Crippen molar-refractivity contribution in [2.24, 2.45) is 0 Å². The minimum absolute atomic E-state index is 0.00310. The highest BCUT2D eigenvalue weighted by Crippen LogP contribution is 2.40. The summed E-state index contributed by atoms with van der Waals surface area (Å²) in [5.74, 6) is 0.00310. The van der Waals surface area contributed by atoms with Crippen LogP contribution in [0.1, 0.15) is 37.5 Å². The summed E-state index contributed by atoms with van der Waals surface area (Å²) in [5, 5.41) is 4.21. The lowest BCUT2D eigenvalue weighted by atomic mass is 9.98. The predicted octanol–water partition coefficient (Wildman–Crippen LogP) is 4.55. The van der Waals surface area contributed by atoms with Crippen LogP contribution >= 0.6 is 22.7 Å². The van der Waals surface area contributed by atoms with Crippen LogP contribution in [0.15, 0.2) is 53.4 Å². The van der Waals surface area contributed by atoms with Gasteiger partial charge in [0, 0.05) is 28.2 Å². The maximum Gasteiger partial charge on any atom is 0.274 e. The summed E-state index contributed by atoms with van der Waals surface area (Å²) in [6.45, 7) is 2.75. The number of aromatic nitrogens is 2. The van der Waals surface area contributed by atoms with Crippen LogP contribution in [0.4, 0.5) is 0 Å². The largest absolute Gasteiger partial charge is 0.325 e. The predicted molar refractivity (Wildman–Crippen MR) is 105 cm³/mol. The SMILES string of the molecule is Cc1cccc2nc(C(=O)N3CCc4sccc4[C@H]3c3cccs3)cn12. The van der Waals surface area contributed by atoms with E-state index in [9.17, 15) is 4.79 Å². The summed E-state index contributed by atoms with van der Waals surface area (Å²) in [6, 6.07) is 12.3. The molecule has 1 amide bonds. The van der Waals surface area contributed by atoms with Crippen molar-refractivity contribution in [1.82, 2.24) is 14.3 Å². The summed E-state index contributed by atoms with van der Waals surface area (Å²) in [4.78, 5) is 22.5. The highest BCUT2D eigenvalue weighted by Gasteiger charge is 2.34. The molecule has 0 spiro atoms. The van der Waals surface area contributed by atoms with Gasteiger partial charge in [-0.2, -0.15) is 0 Å². The van der Waals surface area contributed by atoms with E-state index in [-0.39, 0.29) is 11.9 Å². The van der Waals surface area contributed by atoms with Crippen molar-refractivity contribution in [2.75, 3.05) is 6.54 Å². The number of amides is 1. The van der Waals surface area contributed by atoms with Crippen LogP contribution in [-0.2, 0) is 6.42 Å². The molecule has 1 atom stereocenters. The molecular weight excluding hydrogens is 362 g/mol. The molecule has 0 N–H and O–H groups in total. The summed E-state index contributed by atoms with van der Waals surface area (Å²) < 4.78 is 1.98. The van der Waals surface area contributed by atoms with Gasteiger partial charge in [-0.05, 0) is 53.9 Å². The van der Waals surface area contributed by atoms with E-state index in [1.165, 1.54) is 15.3 Å². The number of aryl methyl sites for hydroxylation is 1. The van der Waals surface area contributed by atoms with E-state index >= 15 is 0 Å². The minimum atomic E-state index is -0.0107. The second kappa shape index (κ2) is 6.07. The number of pyridine rings is 1. The number of thiophene rings is 2. The summed E-state index contributed by atoms with van der Waals surface area (Å²) in [6.07, 6.45) is 2.77. The van der Waals surface area contributed by atoms with Crippen LogP contribution in [0.2, 0.25) is 0 Å². The molecule has 5 heterocycles. The number of hydrogen-bond acceptors (Lipinski definition) is 4. The molecule has 0 unspecified atom stereocenters. The summed E-state index contributed by atoms with van der Waals surface area (Å²) in [7, 11) is 0. The summed E-state index contributed by atoms with van der Waals surface area (Å²) >= 11 is 3.49. The highest BCUT2D eigenvalue weighted by molar-refractivity contribution is 7.10. The van der Waals surface area contributed by atoms with Gasteiger partial charge >= 0.3 is 0 Å². The quantitative estimate of drug-likeness (QED) is 0.512. The van der Waals surface area contributed by atoms with Crippen LogP contribution in [0.3, 0.4) is 0 Å². The molecule has 5 rings (SSSR count). The molecule has 0 saturated heterocycles. The molecule has 0 saturated carbocycles. The Hall–Kier alpha value is -2.44. The van der Waals surface area contributed by atoms with E-state index < -0.39 is 0 Å². The smallest absolute Gasteiger partial charge is 0.274 e. The van der Waals surface area contributed by atoms with E-state index in [4.69, 9.17) is 0 Å². The van der Waals surface area contributed by atoms with Gasteiger partial charge in [0.05, 0.1) is 6.04 Å². The van der Waals surface area contributed by atoms with Crippen LogP contribution in [-0.4, -0.2) is 26.7 Å². The first-order valence-corrected chi connectivity index (χ1v) is 10.3. The van der Waals surface area contributed by atoms with Crippen LogP contribution < -0.4 is 0 Å². The molecule has 0 aromatic carbocycles. The zero-order valence-corrected chi connectivity index (χ0v) is 15.9. The van der Waals surface area contributed by atoms with Gasteiger partial charge in [0.25, 0.3) is 5.91 Å².